The summed E-state index contributed by atoms with van der Waals surface area (Å²) in [5.74, 6) is -1.40. The molecular formula is C8H3Cl4FO. The van der Waals surface area contributed by atoms with Crippen molar-refractivity contribution in [3.8, 4) is 0 Å². The molecule has 0 radical (unpaired) electrons. The van der Waals surface area contributed by atoms with Gasteiger partial charge in [-0.1, -0.05) is 46.4 Å². The van der Waals surface area contributed by atoms with E-state index in [2.05, 4.69) is 0 Å². The first-order valence-corrected chi connectivity index (χ1v) is 5.03. The summed E-state index contributed by atoms with van der Waals surface area (Å²) in [5.41, 5.74) is -0.0800. The van der Waals surface area contributed by atoms with Gasteiger partial charge < -0.3 is 0 Å². The molecule has 76 valence electrons. The normalized spacial score (nSPS) is 10.7. The van der Waals surface area contributed by atoms with E-state index in [1.54, 1.807) is 0 Å². The summed E-state index contributed by atoms with van der Waals surface area (Å²) in [4.78, 5) is 10.0. The van der Waals surface area contributed by atoms with Crippen LogP contribution in [0.15, 0.2) is 12.1 Å². The van der Waals surface area contributed by atoms with Crippen molar-refractivity contribution in [3.63, 3.8) is 0 Å². The number of hydrogen-bond donors (Lipinski definition) is 0. The standard InChI is InChI=1S/C8H3Cl4FO/c9-4-2-5(10)6(13)1-3(4)7(14)8(11)12/h1-2,8H. The van der Waals surface area contributed by atoms with Crippen LogP contribution in [0, 0.1) is 5.82 Å². The average Bonchev–Trinajstić information content (AvgIpc) is 2.10. The Morgan fingerprint density at radius 2 is 1.79 bits per heavy atom. The second kappa shape index (κ2) is 4.67. The molecule has 0 fully saturated rings. The van der Waals surface area contributed by atoms with Gasteiger partial charge in [-0.05, 0) is 12.1 Å². The molecule has 0 saturated carbocycles. The lowest BCUT2D eigenvalue weighted by atomic mass is 10.1. The van der Waals surface area contributed by atoms with Crippen molar-refractivity contribution >= 4 is 52.2 Å². The van der Waals surface area contributed by atoms with Crippen LogP contribution in [-0.2, 0) is 0 Å². The smallest absolute Gasteiger partial charge is 0.197 e. The maximum absolute atomic E-state index is 13.0. The van der Waals surface area contributed by atoms with Gasteiger partial charge in [0.2, 0.25) is 0 Å². The van der Waals surface area contributed by atoms with Gasteiger partial charge in [-0.3, -0.25) is 4.79 Å². The summed E-state index contributed by atoms with van der Waals surface area (Å²) in [6, 6.07) is 2.03. The molecule has 1 aromatic rings. The SMILES string of the molecule is O=C(c1cc(F)c(Cl)cc1Cl)C(Cl)Cl. The Balaban J connectivity index is 3.22. The molecule has 0 unspecified atom stereocenters. The fourth-order valence-corrected chi connectivity index (χ4v) is 1.54. The monoisotopic (exact) mass is 274 g/mol. The third-order valence-electron chi connectivity index (χ3n) is 1.47. The molecular weight excluding hydrogens is 273 g/mol. The number of halogens is 5. The van der Waals surface area contributed by atoms with Crippen LogP contribution in [0.4, 0.5) is 4.39 Å². The minimum atomic E-state index is -1.27. The molecule has 1 aromatic carbocycles. The Morgan fingerprint density at radius 1 is 1.21 bits per heavy atom. The molecule has 6 heteroatoms. The van der Waals surface area contributed by atoms with E-state index >= 15 is 0 Å². The van der Waals surface area contributed by atoms with Crippen LogP contribution in [0.3, 0.4) is 0 Å². The molecule has 0 aliphatic heterocycles. The van der Waals surface area contributed by atoms with Crippen LogP contribution in [-0.4, -0.2) is 10.6 Å². The van der Waals surface area contributed by atoms with Gasteiger partial charge >= 0.3 is 0 Å². The van der Waals surface area contributed by atoms with Crippen LogP contribution in [0.25, 0.3) is 0 Å². The first kappa shape index (κ1) is 12.1. The van der Waals surface area contributed by atoms with Crippen molar-refractivity contribution in [2.24, 2.45) is 0 Å². The van der Waals surface area contributed by atoms with Crippen molar-refractivity contribution in [1.29, 1.82) is 0 Å². The molecule has 14 heavy (non-hydrogen) atoms. The third kappa shape index (κ3) is 2.51. The van der Waals surface area contributed by atoms with Crippen molar-refractivity contribution in [3.05, 3.63) is 33.6 Å². The molecule has 1 rings (SSSR count). The lowest BCUT2D eigenvalue weighted by Gasteiger charge is -2.04. The average molecular weight is 276 g/mol. The first-order chi connectivity index (χ1) is 6.43. The number of Topliss-reactive ketones (excluding diaryl/α,β-unsaturated/α-hetero) is 1. The van der Waals surface area contributed by atoms with Gasteiger partial charge in [0.25, 0.3) is 0 Å². The molecule has 1 nitrogen and oxygen atoms in total. The van der Waals surface area contributed by atoms with Crippen LogP contribution in [0.5, 0.6) is 0 Å². The molecule has 0 spiro atoms. The van der Waals surface area contributed by atoms with Gasteiger partial charge in [0, 0.05) is 5.56 Å². The van der Waals surface area contributed by atoms with Crippen LogP contribution >= 0.6 is 46.4 Å². The molecule has 0 aliphatic carbocycles. The van der Waals surface area contributed by atoms with Crippen molar-refractivity contribution in [1.82, 2.24) is 0 Å². The van der Waals surface area contributed by atoms with Gasteiger partial charge in [0.1, 0.15) is 5.82 Å². The predicted molar refractivity (Wildman–Crippen MR) is 56.2 cm³/mol. The van der Waals surface area contributed by atoms with Gasteiger partial charge in [0.15, 0.2) is 10.6 Å². The molecule has 0 saturated heterocycles. The predicted octanol–water partition coefficient (Wildman–Crippen LogP) is 4.12. The number of benzene rings is 1. The van der Waals surface area contributed by atoms with Crippen molar-refractivity contribution in [2.45, 2.75) is 4.84 Å². The number of carbonyl (C=O) groups is 1. The zero-order valence-electron chi connectivity index (χ0n) is 6.53. The van der Waals surface area contributed by atoms with E-state index in [0.717, 1.165) is 12.1 Å². The highest BCUT2D eigenvalue weighted by Crippen LogP contribution is 2.26. The van der Waals surface area contributed by atoms with Crippen LogP contribution in [0.2, 0.25) is 10.0 Å². The summed E-state index contributed by atoms with van der Waals surface area (Å²) in [6.45, 7) is 0. The molecule has 0 N–H and O–H groups in total. The van der Waals surface area contributed by atoms with Crippen molar-refractivity contribution < 1.29 is 9.18 Å². The van der Waals surface area contributed by atoms with E-state index in [4.69, 9.17) is 46.4 Å². The second-order valence-electron chi connectivity index (χ2n) is 2.41. The number of ketones is 1. The molecule has 0 atom stereocenters. The van der Waals surface area contributed by atoms with E-state index in [9.17, 15) is 9.18 Å². The highest BCUT2D eigenvalue weighted by atomic mass is 35.5. The van der Waals surface area contributed by atoms with Gasteiger partial charge in [-0.15, -0.1) is 0 Å². The Labute approximate surface area is 99.7 Å². The van der Waals surface area contributed by atoms with E-state index in [0.29, 0.717) is 0 Å². The summed E-state index contributed by atoms with van der Waals surface area (Å²) in [5, 5.41) is -0.139. The number of hydrogen-bond acceptors (Lipinski definition) is 1. The molecule has 0 bridgehead atoms. The van der Waals surface area contributed by atoms with Gasteiger partial charge in [-0.25, -0.2) is 4.39 Å². The fourth-order valence-electron chi connectivity index (χ4n) is 0.829. The topological polar surface area (TPSA) is 17.1 Å². The third-order valence-corrected chi connectivity index (χ3v) is 2.47. The summed E-state index contributed by atoms with van der Waals surface area (Å²) in [6.07, 6.45) is 0. The zero-order chi connectivity index (χ0) is 10.9. The molecule has 0 amide bonds. The minimum Gasteiger partial charge on any atom is -0.291 e. The summed E-state index contributed by atoms with van der Waals surface area (Å²) in [7, 11) is 0. The molecule has 0 heterocycles. The Bertz CT molecular complexity index is 378. The van der Waals surface area contributed by atoms with E-state index in [-0.39, 0.29) is 15.6 Å². The second-order valence-corrected chi connectivity index (χ2v) is 4.32. The maximum atomic E-state index is 13.0. The highest BCUT2D eigenvalue weighted by Gasteiger charge is 2.19. The van der Waals surface area contributed by atoms with Gasteiger partial charge in [-0.2, -0.15) is 0 Å². The quantitative estimate of drug-likeness (QED) is 0.451. The molecule has 0 aromatic heterocycles. The Kier molecular flexibility index (Phi) is 4.02. The Morgan fingerprint density at radius 3 is 2.29 bits per heavy atom. The number of rotatable bonds is 2. The first-order valence-electron chi connectivity index (χ1n) is 3.40. The number of alkyl halides is 2. The molecule has 0 aliphatic rings. The van der Waals surface area contributed by atoms with Crippen LogP contribution in [0.1, 0.15) is 10.4 Å². The Hall–Kier alpha value is -0.0200. The minimum absolute atomic E-state index is 0.0210. The zero-order valence-corrected chi connectivity index (χ0v) is 9.55. The highest BCUT2D eigenvalue weighted by molar-refractivity contribution is 6.56. The summed E-state index contributed by atoms with van der Waals surface area (Å²) >= 11 is 21.7. The lowest BCUT2D eigenvalue weighted by molar-refractivity contribution is 0.101. The van der Waals surface area contributed by atoms with Gasteiger partial charge in [0.05, 0.1) is 10.0 Å². The maximum Gasteiger partial charge on any atom is 0.197 e. The van der Waals surface area contributed by atoms with E-state index in [1.807, 2.05) is 0 Å². The summed E-state index contributed by atoms with van der Waals surface area (Å²) < 4.78 is 13.0. The largest absolute Gasteiger partial charge is 0.291 e. The van der Waals surface area contributed by atoms with Crippen molar-refractivity contribution in [2.75, 3.05) is 0 Å². The van der Waals surface area contributed by atoms with E-state index < -0.39 is 16.4 Å². The fraction of sp³-hybridized carbons (Fsp3) is 0.125. The van der Waals surface area contributed by atoms with E-state index in [1.165, 1.54) is 0 Å². The van der Waals surface area contributed by atoms with Crippen LogP contribution < -0.4 is 0 Å². The lowest BCUT2D eigenvalue weighted by Crippen LogP contribution is -2.09. The number of carbonyl (C=O) groups excluding carboxylic acids is 1.